The highest BCUT2D eigenvalue weighted by Gasteiger charge is 2.18. The Morgan fingerprint density at radius 2 is 2.11 bits per heavy atom. The van der Waals surface area contributed by atoms with E-state index in [1.807, 2.05) is 24.3 Å². The number of likely N-dealkylation sites (tertiary alicyclic amines) is 1. The van der Waals surface area contributed by atoms with Crippen molar-refractivity contribution in [2.75, 3.05) is 25.5 Å². The van der Waals surface area contributed by atoms with E-state index in [-0.39, 0.29) is 5.69 Å². The van der Waals surface area contributed by atoms with Crippen LogP contribution in [0, 0.1) is 0 Å². The average Bonchev–Trinajstić information content (AvgIpc) is 3.00. The predicted molar refractivity (Wildman–Crippen MR) is 75.9 cm³/mol. The van der Waals surface area contributed by atoms with Gasteiger partial charge in [-0.05, 0) is 44.3 Å². The molecule has 1 fully saturated rings. The molecule has 1 atom stereocenters. The number of aromatic amines is 1. The van der Waals surface area contributed by atoms with Gasteiger partial charge in [0.2, 0.25) is 0 Å². The van der Waals surface area contributed by atoms with Gasteiger partial charge in [0.15, 0.2) is 0 Å². The summed E-state index contributed by atoms with van der Waals surface area (Å²) in [6.45, 7) is 2.23. The maximum Gasteiger partial charge on any atom is 0.330 e. The van der Waals surface area contributed by atoms with Crippen molar-refractivity contribution in [3.05, 3.63) is 47.1 Å². The Balaban J connectivity index is 1.73. The summed E-state index contributed by atoms with van der Waals surface area (Å²) in [5, 5.41) is 3.52. The molecule has 3 rings (SSSR count). The standard InChI is InChI=1S/C14H18N4O/c1-17-8-6-12(10-17)16-11-2-4-13(5-3-11)18-9-7-15-14(18)19/h2-5,7,9,12,16H,6,8,10H2,1H3,(H,15,19). The lowest BCUT2D eigenvalue weighted by Crippen LogP contribution is -2.23. The number of anilines is 1. The fourth-order valence-corrected chi connectivity index (χ4v) is 2.53. The van der Waals surface area contributed by atoms with E-state index in [1.165, 1.54) is 6.42 Å². The highest BCUT2D eigenvalue weighted by molar-refractivity contribution is 5.49. The third kappa shape index (κ3) is 2.56. The van der Waals surface area contributed by atoms with Crippen molar-refractivity contribution >= 4 is 5.69 Å². The van der Waals surface area contributed by atoms with Gasteiger partial charge in [-0.25, -0.2) is 4.79 Å². The number of hydrogen-bond acceptors (Lipinski definition) is 3. The van der Waals surface area contributed by atoms with E-state index in [2.05, 4.69) is 22.2 Å². The summed E-state index contributed by atoms with van der Waals surface area (Å²) < 4.78 is 1.59. The summed E-state index contributed by atoms with van der Waals surface area (Å²) in [5.74, 6) is 0. The molecule has 19 heavy (non-hydrogen) atoms. The van der Waals surface area contributed by atoms with Crippen LogP contribution in [0.25, 0.3) is 5.69 Å². The average molecular weight is 258 g/mol. The third-order valence-corrected chi connectivity index (χ3v) is 3.56. The second-order valence-electron chi connectivity index (χ2n) is 5.07. The molecule has 5 nitrogen and oxygen atoms in total. The van der Waals surface area contributed by atoms with Crippen molar-refractivity contribution < 1.29 is 0 Å². The Labute approximate surface area is 111 Å². The maximum atomic E-state index is 11.5. The van der Waals surface area contributed by atoms with Crippen molar-refractivity contribution in [2.24, 2.45) is 0 Å². The largest absolute Gasteiger partial charge is 0.381 e. The Kier molecular flexibility index (Phi) is 3.13. The minimum atomic E-state index is -0.113. The van der Waals surface area contributed by atoms with Crippen LogP contribution in [0.15, 0.2) is 41.5 Å². The van der Waals surface area contributed by atoms with Crippen LogP contribution in [-0.2, 0) is 0 Å². The first-order valence-electron chi connectivity index (χ1n) is 6.54. The SMILES string of the molecule is CN1CCC(Nc2ccc(-n3cc[nH]c3=O)cc2)C1. The molecule has 1 aromatic carbocycles. The molecule has 1 unspecified atom stereocenters. The molecule has 0 amide bonds. The van der Waals surface area contributed by atoms with Gasteiger partial charge in [-0.15, -0.1) is 0 Å². The first-order valence-corrected chi connectivity index (χ1v) is 6.54. The molecule has 0 saturated carbocycles. The number of hydrogen-bond donors (Lipinski definition) is 2. The molecular weight excluding hydrogens is 240 g/mol. The maximum absolute atomic E-state index is 11.5. The fraction of sp³-hybridized carbons (Fsp3) is 0.357. The summed E-state index contributed by atoms with van der Waals surface area (Å²) in [5.41, 5.74) is 1.87. The normalized spacial score (nSPS) is 19.7. The smallest absolute Gasteiger partial charge is 0.330 e. The lowest BCUT2D eigenvalue weighted by molar-refractivity contribution is 0.414. The quantitative estimate of drug-likeness (QED) is 0.872. The second-order valence-corrected chi connectivity index (χ2v) is 5.07. The number of nitrogens with zero attached hydrogens (tertiary/aromatic N) is 2. The molecule has 0 bridgehead atoms. The van der Waals surface area contributed by atoms with Gasteiger partial charge < -0.3 is 15.2 Å². The Bertz CT molecular complexity index is 598. The first kappa shape index (κ1) is 12.0. The number of nitrogens with one attached hydrogen (secondary N) is 2. The monoisotopic (exact) mass is 258 g/mol. The van der Waals surface area contributed by atoms with Crippen LogP contribution >= 0.6 is 0 Å². The van der Waals surface area contributed by atoms with Gasteiger partial charge in [-0.3, -0.25) is 4.57 Å². The lowest BCUT2D eigenvalue weighted by atomic mass is 10.2. The van der Waals surface area contributed by atoms with Gasteiger partial charge in [0.05, 0.1) is 5.69 Å². The Morgan fingerprint density at radius 1 is 1.32 bits per heavy atom. The summed E-state index contributed by atoms with van der Waals surface area (Å²) in [6.07, 6.45) is 4.55. The Hall–Kier alpha value is -2.01. The lowest BCUT2D eigenvalue weighted by Gasteiger charge is -2.14. The van der Waals surface area contributed by atoms with E-state index in [0.717, 1.165) is 24.5 Å². The summed E-state index contributed by atoms with van der Waals surface area (Å²) in [4.78, 5) is 16.5. The van der Waals surface area contributed by atoms with E-state index in [1.54, 1.807) is 17.0 Å². The highest BCUT2D eigenvalue weighted by Crippen LogP contribution is 2.16. The zero-order chi connectivity index (χ0) is 13.2. The number of benzene rings is 1. The molecule has 2 heterocycles. The number of rotatable bonds is 3. The molecule has 2 N–H and O–H groups in total. The summed E-state index contributed by atoms with van der Waals surface area (Å²) in [6, 6.07) is 8.47. The fourth-order valence-electron chi connectivity index (χ4n) is 2.53. The molecule has 0 aliphatic carbocycles. The molecule has 0 spiro atoms. The number of imidazole rings is 1. The zero-order valence-corrected chi connectivity index (χ0v) is 11.0. The van der Waals surface area contributed by atoms with Gasteiger partial charge in [-0.2, -0.15) is 0 Å². The van der Waals surface area contributed by atoms with Crippen LogP contribution in [0.2, 0.25) is 0 Å². The zero-order valence-electron chi connectivity index (χ0n) is 11.0. The van der Waals surface area contributed by atoms with E-state index in [4.69, 9.17) is 0 Å². The second kappa shape index (κ2) is 4.93. The molecular formula is C14H18N4O. The van der Waals surface area contributed by atoms with Crippen LogP contribution in [0.5, 0.6) is 0 Å². The minimum absolute atomic E-state index is 0.113. The van der Waals surface area contributed by atoms with Gasteiger partial charge in [0.25, 0.3) is 0 Å². The highest BCUT2D eigenvalue weighted by atomic mass is 16.1. The van der Waals surface area contributed by atoms with Crippen molar-refractivity contribution in [3.63, 3.8) is 0 Å². The molecule has 100 valence electrons. The molecule has 1 saturated heterocycles. The minimum Gasteiger partial charge on any atom is -0.381 e. The van der Waals surface area contributed by atoms with Crippen LogP contribution in [0.4, 0.5) is 5.69 Å². The molecule has 0 radical (unpaired) electrons. The van der Waals surface area contributed by atoms with E-state index in [9.17, 15) is 4.79 Å². The van der Waals surface area contributed by atoms with E-state index >= 15 is 0 Å². The molecule has 1 aliphatic heterocycles. The van der Waals surface area contributed by atoms with Crippen molar-refractivity contribution in [1.29, 1.82) is 0 Å². The van der Waals surface area contributed by atoms with Gasteiger partial charge >= 0.3 is 5.69 Å². The van der Waals surface area contributed by atoms with Crippen molar-refractivity contribution in [2.45, 2.75) is 12.5 Å². The number of aromatic nitrogens is 2. The molecule has 1 aromatic heterocycles. The Morgan fingerprint density at radius 3 is 2.68 bits per heavy atom. The summed E-state index contributed by atoms with van der Waals surface area (Å²) >= 11 is 0. The number of likely N-dealkylation sites (N-methyl/N-ethyl adjacent to an activating group) is 1. The predicted octanol–water partition coefficient (Wildman–Crippen LogP) is 1.28. The molecule has 5 heteroatoms. The van der Waals surface area contributed by atoms with Crippen molar-refractivity contribution in [1.82, 2.24) is 14.5 Å². The van der Waals surface area contributed by atoms with Gasteiger partial charge in [-0.1, -0.05) is 0 Å². The van der Waals surface area contributed by atoms with Crippen molar-refractivity contribution in [3.8, 4) is 5.69 Å². The summed E-state index contributed by atoms with van der Waals surface area (Å²) in [7, 11) is 2.14. The van der Waals surface area contributed by atoms with Gasteiger partial charge in [0, 0.05) is 30.7 Å². The van der Waals surface area contributed by atoms with Crippen LogP contribution in [-0.4, -0.2) is 40.6 Å². The van der Waals surface area contributed by atoms with Gasteiger partial charge in [0.1, 0.15) is 0 Å². The van der Waals surface area contributed by atoms with E-state index < -0.39 is 0 Å². The van der Waals surface area contributed by atoms with Crippen LogP contribution in [0.3, 0.4) is 0 Å². The molecule has 1 aliphatic rings. The third-order valence-electron chi connectivity index (χ3n) is 3.56. The topological polar surface area (TPSA) is 53.1 Å². The van der Waals surface area contributed by atoms with E-state index in [0.29, 0.717) is 6.04 Å². The van der Waals surface area contributed by atoms with Crippen LogP contribution in [0.1, 0.15) is 6.42 Å². The van der Waals surface area contributed by atoms with Crippen LogP contribution < -0.4 is 11.0 Å². The number of H-pyrrole nitrogens is 1. The first-order chi connectivity index (χ1) is 9.22. The molecule has 2 aromatic rings.